The van der Waals surface area contributed by atoms with Crippen LogP contribution in [0.2, 0.25) is 4.34 Å². The summed E-state index contributed by atoms with van der Waals surface area (Å²) in [7, 11) is 0. The lowest BCUT2D eigenvalue weighted by Crippen LogP contribution is -2.37. The third-order valence-electron chi connectivity index (χ3n) is 3.71. The second-order valence-corrected chi connectivity index (χ2v) is 7.13. The summed E-state index contributed by atoms with van der Waals surface area (Å²) in [5, 5.41) is 2.86. The highest BCUT2D eigenvalue weighted by Crippen LogP contribution is 2.22. The predicted octanol–water partition coefficient (Wildman–Crippen LogP) is 4.26. The van der Waals surface area contributed by atoms with Crippen LogP contribution in [-0.4, -0.2) is 24.5 Å². The van der Waals surface area contributed by atoms with Gasteiger partial charge in [-0.15, -0.1) is 11.3 Å². The average molecular weight is 366 g/mol. The van der Waals surface area contributed by atoms with E-state index >= 15 is 0 Å². The number of esters is 1. The molecule has 2 atom stereocenters. The molecule has 0 spiro atoms. The molecule has 2 aromatic rings. The lowest BCUT2D eigenvalue weighted by molar-refractivity contribution is -0.129. The summed E-state index contributed by atoms with van der Waals surface area (Å²) >= 11 is 6.92. The van der Waals surface area contributed by atoms with Gasteiger partial charge in [0.05, 0.1) is 4.34 Å². The van der Waals surface area contributed by atoms with E-state index in [2.05, 4.69) is 12.2 Å². The van der Waals surface area contributed by atoms with E-state index in [0.29, 0.717) is 15.8 Å². The third kappa shape index (κ3) is 5.08. The Hall–Kier alpha value is -1.85. The van der Waals surface area contributed by atoms with E-state index in [-0.39, 0.29) is 11.8 Å². The average Bonchev–Trinajstić information content (AvgIpc) is 3.02. The summed E-state index contributed by atoms with van der Waals surface area (Å²) in [5.74, 6) is -0.612. The van der Waals surface area contributed by atoms with Gasteiger partial charge in [-0.1, -0.05) is 48.9 Å². The molecule has 0 saturated heterocycles. The number of nitrogens with one attached hydrogen (secondary N) is 1. The SMILES string of the molecule is CC[C@H](CNC(=O)[C@@H](C)OC(=O)c1ccc(Cl)s1)c1ccccc1. The highest BCUT2D eigenvalue weighted by molar-refractivity contribution is 7.17. The van der Waals surface area contributed by atoms with Gasteiger partial charge in [0.1, 0.15) is 4.88 Å². The van der Waals surface area contributed by atoms with Crippen LogP contribution in [0.4, 0.5) is 0 Å². The molecule has 0 radical (unpaired) electrons. The first-order valence-corrected chi connectivity index (χ1v) is 8.99. The number of thiophene rings is 1. The fourth-order valence-corrected chi connectivity index (χ4v) is 3.21. The van der Waals surface area contributed by atoms with E-state index in [0.717, 1.165) is 17.8 Å². The fraction of sp³-hybridized carbons (Fsp3) is 0.333. The summed E-state index contributed by atoms with van der Waals surface area (Å²) in [4.78, 5) is 24.5. The van der Waals surface area contributed by atoms with E-state index in [1.165, 1.54) is 5.56 Å². The first-order valence-electron chi connectivity index (χ1n) is 7.80. The highest BCUT2D eigenvalue weighted by atomic mass is 35.5. The third-order valence-corrected chi connectivity index (χ3v) is 4.93. The maximum Gasteiger partial charge on any atom is 0.349 e. The second kappa shape index (κ2) is 8.85. The topological polar surface area (TPSA) is 55.4 Å². The van der Waals surface area contributed by atoms with Crippen molar-refractivity contribution < 1.29 is 14.3 Å². The van der Waals surface area contributed by atoms with Crippen LogP contribution >= 0.6 is 22.9 Å². The molecule has 24 heavy (non-hydrogen) atoms. The molecule has 1 amide bonds. The van der Waals surface area contributed by atoms with Crippen molar-refractivity contribution in [1.29, 1.82) is 0 Å². The quantitative estimate of drug-likeness (QED) is 0.746. The Morgan fingerprint density at radius 2 is 1.92 bits per heavy atom. The van der Waals surface area contributed by atoms with Crippen molar-refractivity contribution in [1.82, 2.24) is 5.32 Å². The molecule has 128 valence electrons. The number of halogens is 1. The summed E-state index contributed by atoms with van der Waals surface area (Å²) in [6.45, 7) is 4.14. The smallest absolute Gasteiger partial charge is 0.349 e. The normalized spacial score (nSPS) is 13.1. The van der Waals surface area contributed by atoms with Crippen molar-refractivity contribution in [2.75, 3.05) is 6.54 Å². The molecule has 0 aliphatic carbocycles. The van der Waals surface area contributed by atoms with Gasteiger partial charge in [0, 0.05) is 12.5 Å². The fourth-order valence-electron chi connectivity index (χ4n) is 2.29. The molecule has 0 aliphatic rings. The largest absolute Gasteiger partial charge is 0.448 e. The minimum atomic E-state index is -0.855. The molecule has 0 bridgehead atoms. The lowest BCUT2D eigenvalue weighted by atomic mass is 9.96. The van der Waals surface area contributed by atoms with E-state index in [1.807, 2.05) is 30.3 Å². The van der Waals surface area contributed by atoms with Crippen LogP contribution in [-0.2, 0) is 9.53 Å². The number of ether oxygens (including phenoxy) is 1. The van der Waals surface area contributed by atoms with Crippen LogP contribution < -0.4 is 5.32 Å². The van der Waals surface area contributed by atoms with E-state index in [4.69, 9.17) is 16.3 Å². The minimum Gasteiger partial charge on any atom is -0.448 e. The zero-order valence-electron chi connectivity index (χ0n) is 13.6. The van der Waals surface area contributed by atoms with Gasteiger partial charge in [0.15, 0.2) is 6.10 Å². The van der Waals surface area contributed by atoms with E-state index < -0.39 is 12.1 Å². The molecule has 1 N–H and O–H groups in total. The molecular formula is C18H20ClNO3S. The number of amides is 1. The first-order chi connectivity index (χ1) is 11.5. The molecule has 0 unspecified atom stereocenters. The standard InChI is InChI=1S/C18H20ClNO3S/c1-3-13(14-7-5-4-6-8-14)11-20-17(21)12(2)23-18(22)15-9-10-16(19)24-15/h4-10,12-13H,3,11H2,1-2H3,(H,20,21)/t12-,13-/m1/s1. The molecular weight excluding hydrogens is 346 g/mol. The molecule has 2 rings (SSSR count). The Morgan fingerprint density at radius 3 is 2.50 bits per heavy atom. The van der Waals surface area contributed by atoms with Crippen molar-refractivity contribution in [2.45, 2.75) is 32.3 Å². The second-order valence-electron chi connectivity index (χ2n) is 5.41. The molecule has 6 heteroatoms. The molecule has 1 heterocycles. The van der Waals surface area contributed by atoms with Gasteiger partial charge in [-0.25, -0.2) is 4.79 Å². The number of benzene rings is 1. The van der Waals surface area contributed by atoms with Crippen LogP contribution in [0.25, 0.3) is 0 Å². The van der Waals surface area contributed by atoms with Crippen LogP contribution in [0.1, 0.15) is 41.4 Å². The number of hydrogen-bond donors (Lipinski definition) is 1. The Labute approximate surface area is 150 Å². The highest BCUT2D eigenvalue weighted by Gasteiger charge is 2.21. The Morgan fingerprint density at radius 1 is 1.21 bits per heavy atom. The number of carbonyl (C=O) groups excluding carboxylic acids is 2. The number of carbonyl (C=O) groups is 2. The molecule has 0 saturated carbocycles. The van der Waals surface area contributed by atoms with Gasteiger partial charge >= 0.3 is 5.97 Å². The Bertz CT molecular complexity index is 687. The van der Waals surface area contributed by atoms with E-state index in [1.54, 1.807) is 19.1 Å². The molecule has 4 nitrogen and oxygen atoms in total. The van der Waals surface area contributed by atoms with Crippen molar-refractivity contribution in [3.63, 3.8) is 0 Å². The number of rotatable bonds is 7. The van der Waals surface area contributed by atoms with Crippen LogP contribution in [0.15, 0.2) is 42.5 Å². The Balaban J connectivity index is 1.86. The Kier molecular flexibility index (Phi) is 6.82. The molecule has 1 aromatic carbocycles. The maximum absolute atomic E-state index is 12.2. The van der Waals surface area contributed by atoms with Crippen molar-refractivity contribution in [3.8, 4) is 0 Å². The van der Waals surface area contributed by atoms with Crippen LogP contribution in [0, 0.1) is 0 Å². The summed E-state index contributed by atoms with van der Waals surface area (Å²) in [6, 6.07) is 13.2. The summed E-state index contributed by atoms with van der Waals surface area (Å²) in [6.07, 6.45) is 0.0539. The van der Waals surface area contributed by atoms with Gasteiger partial charge in [-0.2, -0.15) is 0 Å². The van der Waals surface area contributed by atoms with Gasteiger partial charge in [-0.3, -0.25) is 4.79 Å². The zero-order valence-corrected chi connectivity index (χ0v) is 15.2. The predicted molar refractivity (Wildman–Crippen MR) is 96.7 cm³/mol. The molecule has 0 aliphatic heterocycles. The van der Waals surface area contributed by atoms with Crippen molar-refractivity contribution >= 4 is 34.8 Å². The monoisotopic (exact) mass is 365 g/mol. The van der Waals surface area contributed by atoms with Crippen LogP contribution in [0.3, 0.4) is 0 Å². The van der Waals surface area contributed by atoms with Gasteiger partial charge in [0.2, 0.25) is 0 Å². The zero-order chi connectivity index (χ0) is 17.5. The lowest BCUT2D eigenvalue weighted by Gasteiger charge is -2.18. The van der Waals surface area contributed by atoms with Gasteiger partial charge < -0.3 is 10.1 Å². The molecule has 0 fully saturated rings. The van der Waals surface area contributed by atoms with Crippen molar-refractivity contribution in [2.24, 2.45) is 0 Å². The van der Waals surface area contributed by atoms with Crippen LogP contribution in [0.5, 0.6) is 0 Å². The molecule has 1 aromatic heterocycles. The maximum atomic E-state index is 12.2. The van der Waals surface area contributed by atoms with E-state index in [9.17, 15) is 9.59 Å². The minimum absolute atomic E-state index is 0.231. The summed E-state index contributed by atoms with van der Waals surface area (Å²) in [5.41, 5.74) is 1.18. The van der Waals surface area contributed by atoms with Gasteiger partial charge in [-0.05, 0) is 31.0 Å². The summed E-state index contributed by atoms with van der Waals surface area (Å²) < 4.78 is 5.69. The number of hydrogen-bond acceptors (Lipinski definition) is 4. The van der Waals surface area contributed by atoms with Gasteiger partial charge in [0.25, 0.3) is 5.91 Å². The first kappa shape index (κ1) is 18.5. The van der Waals surface area contributed by atoms with Crippen molar-refractivity contribution in [3.05, 3.63) is 57.2 Å².